The highest BCUT2D eigenvalue weighted by molar-refractivity contribution is 5.54. The van der Waals surface area contributed by atoms with Crippen LogP contribution in [0, 0.1) is 11.3 Å². The number of H-pyrrole nitrogens is 1. The van der Waals surface area contributed by atoms with Crippen LogP contribution in [0.25, 0.3) is 11.5 Å². The molecule has 0 aliphatic rings. The van der Waals surface area contributed by atoms with Crippen molar-refractivity contribution in [2.45, 2.75) is 20.0 Å². The van der Waals surface area contributed by atoms with E-state index in [0.29, 0.717) is 29.6 Å². The van der Waals surface area contributed by atoms with E-state index in [1.807, 2.05) is 19.9 Å². The minimum absolute atomic E-state index is 0.202. The van der Waals surface area contributed by atoms with Gasteiger partial charge in [-0.25, -0.2) is 0 Å². The molecule has 0 aliphatic carbocycles. The van der Waals surface area contributed by atoms with Gasteiger partial charge in [-0.05, 0) is 19.9 Å². The van der Waals surface area contributed by atoms with Crippen LogP contribution < -0.4 is 0 Å². The van der Waals surface area contributed by atoms with Gasteiger partial charge in [-0.2, -0.15) is 10.2 Å². The smallest absolute Gasteiger partial charge is 0.259 e. The highest BCUT2D eigenvalue weighted by Gasteiger charge is 2.15. The van der Waals surface area contributed by atoms with E-state index in [1.165, 1.54) is 0 Å². The summed E-state index contributed by atoms with van der Waals surface area (Å²) >= 11 is 0. The van der Waals surface area contributed by atoms with E-state index in [9.17, 15) is 0 Å². The zero-order valence-corrected chi connectivity index (χ0v) is 9.60. The van der Waals surface area contributed by atoms with Gasteiger partial charge in [0.15, 0.2) is 0 Å². The maximum atomic E-state index is 8.69. The number of aromatic nitrogens is 3. The van der Waals surface area contributed by atoms with E-state index in [4.69, 9.17) is 14.5 Å². The normalized spacial score (nSPS) is 12.3. The molecule has 0 radical (unpaired) electrons. The van der Waals surface area contributed by atoms with Crippen molar-refractivity contribution in [3.8, 4) is 17.5 Å². The van der Waals surface area contributed by atoms with E-state index in [2.05, 4.69) is 15.1 Å². The van der Waals surface area contributed by atoms with E-state index < -0.39 is 0 Å². The third-order valence-corrected chi connectivity index (χ3v) is 2.27. The second-order valence-electron chi connectivity index (χ2n) is 3.47. The second kappa shape index (κ2) is 4.80. The van der Waals surface area contributed by atoms with E-state index in [1.54, 1.807) is 12.3 Å². The van der Waals surface area contributed by atoms with Crippen LogP contribution in [0.5, 0.6) is 0 Å². The van der Waals surface area contributed by atoms with Crippen molar-refractivity contribution in [2.75, 3.05) is 6.61 Å². The Hall–Kier alpha value is -2.13. The van der Waals surface area contributed by atoms with Crippen LogP contribution in [0.2, 0.25) is 0 Å². The molecule has 17 heavy (non-hydrogen) atoms. The zero-order valence-electron chi connectivity index (χ0n) is 9.60. The van der Waals surface area contributed by atoms with Crippen molar-refractivity contribution in [3.05, 3.63) is 23.8 Å². The minimum Gasteiger partial charge on any atom is -0.371 e. The molecular formula is C11H12N4O2. The monoisotopic (exact) mass is 232 g/mol. The molecule has 1 N–H and O–H groups in total. The Morgan fingerprint density at radius 3 is 3.12 bits per heavy atom. The molecule has 6 nitrogen and oxygen atoms in total. The first-order chi connectivity index (χ1) is 8.24. The first kappa shape index (κ1) is 11.4. The Morgan fingerprint density at radius 1 is 1.65 bits per heavy atom. The predicted octanol–water partition coefficient (Wildman–Crippen LogP) is 2.03. The number of ether oxygens (including phenoxy) is 1. The summed E-state index contributed by atoms with van der Waals surface area (Å²) in [5, 5.41) is 12.5. The molecule has 0 saturated carbocycles. The Labute approximate surface area is 98.2 Å². The van der Waals surface area contributed by atoms with Gasteiger partial charge in [-0.15, -0.1) is 0 Å². The number of hydrogen-bond donors (Lipinski definition) is 1. The van der Waals surface area contributed by atoms with Gasteiger partial charge in [0.1, 0.15) is 17.9 Å². The Morgan fingerprint density at radius 2 is 2.47 bits per heavy atom. The van der Waals surface area contributed by atoms with Gasteiger partial charge >= 0.3 is 0 Å². The van der Waals surface area contributed by atoms with Crippen LogP contribution in [0.4, 0.5) is 0 Å². The highest BCUT2D eigenvalue weighted by atomic mass is 16.5. The summed E-state index contributed by atoms with van der Waals surface area (Å²) in [6, 6.07) is 3.65. The average Bonchev–Trinajstić information content (AvgIpc) is 2.98. The summed E-state index contributed by atoms with van der Waals surface area (Å²) in [6.07, 6.45) is 1.45. The Kier molecular flexibility index (Phi) is 3.21. The average molecular weight is 232 g/mol. The number of nitrogens with zero attached hydrogens (tertiary/aromatic N) is 3. The lowest BCUT2D eigenvalue weighted by Gasteiger charge is -2.04. The molecule has 2 heterocycles. The van der Waals surface area contributed by atoms with Crippen molar-refractivity contribution in [1.29, 1.82) is 5.26 Å². The van der Waals surface area contributed by atoms with Crippen LogP contribution >= 0.6 is 0 Å². The molecule has 6 heteroatoms. The van der Waals surface area contributed by atoms with E-state index >= 15 is 0 Å². The van der Waals surface area contributed by atoms with Gasteiger partial charge in [0.05, 0.1) is 5.56 Å². The summed E-state index contributed by atoms with van der Waals surface area (Å²) in [6.45, 7) is 4.35. The quantitative estimate of drug-likeness (QED) is 0.871. The molecule has 2 aromatic heterocycles. The number of rotatable bonds is 4. The van der Waals surface area contributed by atoms with Gasteiger partial charge in [-0.3, -0.25) is 0 Å². The summed E-state index contributed by atoms with van der Waals surface area (Å²) in [4.78, 5) is 7.01. The highest BCUT2D eigenvalue weighted by Crippen LogP contribution is 2.21. The molecule has 0 spiro atoms. The second-order valence-corrected chi connectivity index (χ2v) is 3.47. The number of nitriles is 1. The van der Waals surface area contributed by atoms with Crippen LogP contribution in [0.15, 0.2) is 16.8 Å². The first-order valence-electron chi connectivity index (χ1n) is 5.28. The fraction of sp³-hybridized carbons (Fsp3) is 0.364. The summed E-state index contributed by atoms with van der Waals surface area (Å²) in [5.74, 6) is 0.880. The van der Waals surface area contributed by atoms with Gasteiger partial charge in [-0.1, -0.05) is 5.16 Å². The van der Waals surface area contributed by atoms with Crippen molar-refractivity contribution in [2.24, 2.45) is 0 Å². The third-order valence-electron chi connectivity index (χ3n) is 2.27. The molecule has 1 unspecified atom stereocenters. The summed E-state index contributed by atoms with van der Waals surface area (Å²) in [5.41, 5.74) is 1.15. The van der Waals surface area contributed by atoms with Crippen LogP contribution in [0.3, 0.4) is 0 Å². The zero-order chi connectivity index (χ0) is 12.3. The maximum absolute atomic E-state index is 8.69. The molecule has 0 amide bonds. The van der Waals surface area contributed by atoms with Crippen LogP contribution in [-0.2, 0) is 4.74 Å². The van der Waals surface area contributed by atoms with Crippen molar-refractivity contribution >= 4 is 0 Å². The largest absolute Gasteiger partial charge is 0.371 e. The lowest BCUT2D eigenvalue weighted by Crippen LogP contribution is -2.01. The van der Waals surface area contributed by atoms with Gasteiger partial charge < -0.3 is 14.2 Å². The molecular weight excluding hydrogens is 220 g/mol. The van der Waals surface area contributed by atoms with E-state index in [-0.39, 0.29) is 6.10 Å². The third kappa shape index (κ3) is 2.34. The van der Waals surface area contributed by atoms with Gasteiger partial charge in [0, 0.05) is 12.8 Å². The van der Waals surface area contributed by atoms with Gasteiger partial charge in [0.25, 0.3) is 5.89 Å². The Bertz CT molecular complexity index is 538. The fourth-order valence-electron chi connectivity index (χ4n) is 1.42. The molecule has 0 aliphatic heterocycles. The molecule has 0 fully saturated rings. The minimum atomic E-state index is -0.202. The standard InChI is InChI=1S/C11H12N4O2/c1-3-16-7(2)10-14-11(17-15-10)8-4-9(5-12)13-6-8/h4,6-7,13H,3H2,1-2H3. The van der Waals surface area contributed by atoms with Crippen LogP contribution in [-0.4, -0.2) is 21.7 Å². The molecule has 0 bridgehead atoms. The van der Waals surface area contributed by atoms with Crippen molar-refractivity contribution in [3.63, 3.8) is 0 Å². The van der Waals surface area contributed by atoms with Crippen LogP contribution in [0.1, 0.15) is 31.5 Å². The predicted molar refractivity (Wildman–Crippen MR) is 58.8 cm³/mol. The molecule has 1 atom stereocenters. The maximum Gasteiger partial charge on any atom is 0.259 e. The molecule has 0 saturated heterocycles. The molecule has 2 rings (SSSR count). The van der Waals surface area contributed by atoms with E-state index in [0.717, 1.165) is 0 Å². The lowest BCUT2D eigenvalue weighted by atomic mass is 10.3. The van der Waals surface area contributed by atoms with Crippen molar-refractivity contribution in [1.82, 2.24) is 15.1 Å². The number of nitrogens with one attached hydrogen (secondary N) is 1. The lowest BCUT2D eigenvalue weighted by molar-refractivity contribution is 0.0683. The first-order valence-corrected chi connectivity index (χ1v) is 5.28. The number of hydrogen-bond acceptors (Lipinski definition) is 5. The molecule has 88 valence electrons. The van der Waals surface area contributed by atoms with Crippen molar-refractivity contribution < 1.29 is 9.26 Å². The SMILES string of the molecule is CCOC(C)c1noc(-c2c[nH]c(C#N)c2)n1. The molecule has 2 aromatic rings. The fourth-order valence-corrected chi connectivity index (χ4v) is 1.42. The molecule has 0 aromatic carbocycles. The summed E-state index contributed by atoms with van der Waals surface area (Å²) in [7, 11) is 0. The number of aromatic amines is 1. The summed E-state index contributed by atoms with van der Waals surface area (Å²) < 4.78 is 10.5. The Balaban J connectivity index is 2.21. The topological polar surface area (TPSA) is 87.7 Å². The van der Waals surface area contributed by atoms with Gasteiger partial charge in [0.2, 0.25) is 5.82 Å².